The zero-order valence-corrected chi connectivity index (χ0v) is 19.0. The van der Waals surface area contributed by atoms with E-state index in [4.69, 9.17) is 11.6 Å². The molecule has 0 saturated carbocycles. The summed E-state index contributed by atoms with van der Waals surface area (Å²) < 4.78 is 0. The van der Waals surface area contributed by atoms with Gasteiger partial charge < -0.3 is 10.6 Å². The molecular formula is C23H28ClN3O2S. The summed E-state index contributed by atoms with van der Waals surface area (Å²) in [5, 5.41) is 5.98. The van der Waals surface area contributed by atoms with Gasteiger partial charge in [-0.15, -0.1) is 11.8 Å². The topological polar surface area (TPSA) is 61.4 Å². The molecule has 0 aliphatic carbocycles. The van der Waals surface area contributed by atoms with Gasteiger partial charge >= 0.3 is 11.8 Å². The third kappa shape index (κ3) is 6.00. The van der Waals surface area contributed by atoms with Crippen LogP contribution in [0.25, 0.3) is 0 Å². The average molecular weight is 446 g/mol. The third-order valence-electron chi connectivity index (χ3n) is 5.57. The zero-order chi connectivity index (χ0) is 21.5. The van der Waals surface area contributed by atoms with Crippen LogP contribution < -0.4 is 10.6 Å². The summed E-state index contributed by atoms with van der Waals surface area (Å²) in [4.78, 5) is 28.2. The van der Waals surface area contributed by atoms with E-state index in [1.165, 1.54) is 10.5 Å². The Labute approximate surface area is 187 Å². The molecule has 2 amide bonds. The van der Waals surface area contributed by atoms with Gasteiger partial charge in [-0.3, -0.25) is 14.5 Å². The maximum absolute atomic E-state index is 12.2. The van der Waals surface area contributed by atoms with Crippen molar-refractivity contribution < 1.29 is 9.59 Å². The molecule has 1 aliphatic rings. The van der Waals surface area contributed by atoms with Crippen LogP contribution in [0.4, 0.5) is 5.69 Å². The summed E-state index contributed by atoms with van der Waals surface area (Å²) in [5.41, 5.74) is 2.67. The molecule has 30 heavy (non-hydrogen) atoms. The summed E-state index contributed by atoms with van der Waals surface area (Å²) in [5.74, 6) is -0.876. The number of thioether (sulfide) groups is 1. The Morgan fingerprint density at radius 2 is 1.83 bits per heavy atom. The summed E-state index contributed by atoms with van der Waals surface area (Å²) in [6.45, 7) is 5.28. The van der Waals surface area contributed by atoms with Crippen molar-refractivity contribution in [2.75, 3.05) is 31.2 Å². The van der Waals surface area contributed by atoms with Gasteiger partial charge in [-0.25, -0.2) is 0 Å². The van der Waals surface area contributed by atoms with E-state index in [2.05, 4.69) is 46.1 Å². The number of halogens is 1. The number of hydrogen-bond acceptors (Lipinski definition) is 4. The third-order valence-corrected chi connectivity index (χ3v) is 6.81. The standard InChI is InChI=1S/C23H28ClN3O2S/c1-16-19(24)7-5-8-20(16)26-23(29)22(28)25-14-17-10-12-27(13-11-17)15-18-6-3-4-9-21(18)30-2/h3-9,17H,10-15H2,1-2H3,(H,25,28)(H,26,29). The minimum Gasteiger partial charge on any atom is -0.348 e. The number of hydrogen-bond donors (Lipinski definition) is 2. The predicted molar refractivity (Wildman–Crippen MR) is 124 cm³/mol. The minimum atomic E-state index is -0.661. The van der Waals surface area contributed by atoms with E-state index < -0.39 is 11.8 Å². The summed E-state index contributed by atoms with van der Waals surface area (Å²) in [6, 6.07) is 13.8. The lowest BCUT2D eigenvalue weighted by molar-refractivity contribution is -0.136. The Morgan fingerprint density at radius 1 is 1.10 bits per heavy atom. The van der Waals surface area contributed by atoms with Gasteiger partial charge in [0.2, 0.25) is 0 Å². The van der Waals surface area contributed by atoms with Gasteiger partial charge in [-0.2, -0.15) is 0 Å². The van der Waals surface area contributed by atoms with Crippen molar-refractivity contribution in [3.63, 3.8) is 0 Å². The Kier molecular flexibility index (Phi) is 8.19. The maximum atomic E-state index is 12.2. The lowest BCUT2D eigenvalue weighted by Crippen LogP contribution is -2.41. The number of nitrogens with zero attached hydrogens (tertiary/aromatic N) is 1. The summed E-state index contributed by atoms with van der Waals surface area (Å²) >= 11 is 7.84. The second kappa shape index (κ2) is 10.8. The zero-order valence-electron chi connectivity index (χ0n) is 17.4. The average Bonchev–Trinajstić information content (AvgIpc) is 2.76. The van der Waals surface area contributed by atoms with Crippen LogP contribution in [0.5, 0.6) is 0 Å². The van der Waals surface area contributed by atoms with Crippen LogP contribution in [-0.2, 0) is 16.1 Å². The van der Waals surface area contributed by atoms with Crippen LogP contribution in [0, 0.1) is 12.8 Å². The van der Waals surface area contributed by atoms with Gasteiger partial charge in [0.1, 0.15) is 0 Å². The molecule has 0 unspecified atom stereocenters. The first-order valence-electron chi connectivity index (χ1n) is 10.2. The molecule has 1 saturated heterocycles. The second-order valence-corrected chi connectivity index (χ2v) is 8.86. The first kappa shape index (κ1) is 22.7. The number of likely N-dealkylation sites (tertiary alicyclic amines) is 1. The van der Waals surface area contributed by atoms with Gasteiger partial charge in [-0.05, 0) is 74.4 Å². The molecule has 0 atom stereocenters. The molecule has 0 aromatic heterocycles. The van der Waals surface area contributed by atoms with Crippen molar-refractivity contribution in [3.8, 4) is 0 Å². The number of benzene rings is 2. The molecule has 3 rings (SSSR count). The van der Waals surface area contributed by atoms with Gasteiger partial charge in [-0.1, -0.05) is 35.9 Å². The first-order chi connectivity index (χ1) is 14.5. The van der Waals surface area contributed by atoms with Crippen molar-refractivity contribution in [3.05, 3.63) is 58.6 Å². The van der Waals surface area contributed by atoms with Gasteiger partial charge in [0, 0.05) is 28.7 Å². The molecule has 0 bridgehead atoms. The van der Waals surface area contributed by atoms with E-state index in [9.17, 15) is 9.59 Å². The largest absolute Gasteiger partial charge is 0.348 e. The van der Waals surface area contributed by atoms with Crippen LogP contribution in [-0.4, -0.2) is 42.6 Å². The number of rotatable bonds is 6. The molecule has 2 aromatic rings. The molecule has 1 aliphatic heterocycles. The van der Waals surface area contributed by atoms with Crippen LogP contribution in [0.3, 0.4) is 0 Å². The number of amides is 2. The number of nitrogens with one attached hydrogen (secondary N) is 2. The Morgan fingerprint density at radius 3 is 2.57 bits per heavy atom. The highest BCUT2D eigenvalue weighted by molar-refractivity contribution is 7.98. The molecule has 1 heterocycles. The van der Waals surface area contributed by atoms with Crippen LogP contribution in [0.15, 0.2) is 47.4 Å². The Hall–Kier alpha value is -2.02. The highest BCUT2D eigenvalue weighted by Gasteiger charge is 2.22. The fourth-order valence-corrected chi connectivity index (χ4v) is 4.45. The van der Waals surface area contributed by atoms with Crippen molar-refractivity contribution in [1.29, 1.82) is 0 Å². The molecule has 0 radical (unpaired) electrons. The lowest BCUT2D eigenvalue weighted by atomic mass is 9.96. The smallest absolute Gasteiger partial charge is 0.313 e. The minimum absolute atomic E-state index is 0.390. The number of carbonyl (C=O) groups excluding carboxylic acids is 2. The van der Waals surface area contributed by atoms with Crippen LogP contribution >= 0.6 is 23.4 Å². The predicted octanol–water partition coefficient (Wildman–Crippen LogP) is 4.34. The van der Waals surface area contributed by atoms with Crippen LogP contribution in [0.2, 0.25) is 5.02 Å². The van der Waals surface area contributed by atoms with E-state index in [1.807, 2.05) is 0 Å². The highest BCUT2D eigenvalue weighted by atomic mass is 35.5. The molecule has 5 nitrogen and oxygen atoms in total. The monoisotopic (exact) mass is 445 g/mol. The Balaban J connectivity index is 1.42. The molecule has 1 fully saturated rings. The maximum Gasteiger partial charge on any atom is 0.313 e. The number of piperidine rings is 1. The second-order valence-electron chi connectivity index (χ2n) is 7.61. The molecule has 0 spiro atoms. The number of carbonyl (C=O) groups is 2. The van der Waals surface area contributed by atoms with E-state index >= 15 is 0 Å². The fraction of sp³-hybridized carbons (Fsp3) is 0.391. The van der Waals surface area contributed by atoms with Gasteiger partial charge in [0.05, 0.1) is 0 Å². The lowest BCUT2D eigenvalue weighted by Gasteiger charge is -2.32. The van der Waals surface area contributed by atoms with E-state index in [0.29, 0.717) is 23.2 Å². The molecule has 7 heteroatoms. The molecule has 2 N–H and O–H groups in total. The normalized spacial score (nSPS) is 15.0. The van der Waals surface area contributed by atoms with Gasteiger partial charge in [0.25, 0.3) is 0 Å². The molecular weight excluding hydrogens is 418 g/mol. The highest BCUT2D eigenvalue weighted by Crippen LogP contribution is 2.25. The van der Waals surface area contributed by atoms with Crippen LogP contribution in [0.1, 0.15) is 24.0 Å². The molecule has 2 aromatic carbocycles. The quantitative estimate of drug-likeness (QED) is 0.513. The van der Waals surface area contributed by atoms with Gasteiger partial charge in [0.15, 0.2) is 0 Å². The summed E-state index contributed by atoms with van der Waals surface area (Å²) in [6.07, 6.45) is 4.13. The van der Waals surface area contributed by atoms with Crippen molar-refractivity contribution in [1.82, 2.24) is 10.2 Å². The van der Waals surface area contributed by atoms with E-state index in [0.717, 1.165) is 38.0 Å². The fourth-order valence-electron chi connectivity index (χ4n) is 3.66. The molecule has 160 valence electrons. The number of anilines is 1. The van der Waals surface area contributed by atoms with Crippen molar-refractivity contribution in [2.45, 2.75) is 31.2 Å². The summed E-state index contributed by atoms with van der Waals surface area (Å²) in [7, 11) is 0. The SMILES string of the molecule is CSc1ccccc1CN1CCC(CNC(=O)C(=O)Nc2cccc(Cl)c2C)CC1. The first-order valence-corrected chi connectivity index (χ1v) is 11.8. The van der Waals surface area contributed by atoms with E-state index in [1.54, 1.807) is 36.9 Å². The Bertz CT molecular complexity index is 898. The van der Waals surface area contributed by atoms with Crippen molar-refractivity contribution in [2.24, 2.45) is 5.92 Å². The van der Waals surface area contributed by atoms with E-state index in [-0.39, 0.29) is 0 Å². The van der Waals surface area contributed by atoms with Crippen molar-refractivity contribution >= 4 is 40.9 Å².